The van der Waals surface area contributed by atoms with Crippen LogP contribution in [0.2, 0.25) is 10.0 Å². The maximum absolute atomic E-state index is 12.1. The molecule has 1 N–H and O–H groups in total. The molecule has 0 atom stereocenters. The number of hydrogen-bond acceptors (Lipinski definition) is 5. The average molecular weight is 422 g/mol. The highest BCUT2D eigenvalue weighted by Crippen LogP contribution is 2.26. The lowest BCUT2D eigenvalue weighted by atomic mass is 10.1. The molecule has 1 heterocycles. The lowest BCUT2D eigenvalue weighted by Crippen LogP contribution is -2.14. The Labute approximate surface area is 171 Å². The van der Waals surface area contributed by atoms with Crippen LogP contribution in [0.1, 0.15) is 23.9 Å². The van der Waals surface area contributed by atoms with E-state index >= 15 is 0 Å². The van der Waals surface area contributed by atoms with Crippen molar-refractivity contribution in [3.8, 4) is 0 Å². The number of carbonyl (C=O) groups excluding carboxylic acids is 1. The first-order chi connectivity index (χ1) is 13.0. The van der Waals surface area contributed by atoms with Gasteiger partial charge in [0.25, 0.3) is 5.22 Å². The van der Waals surface area contributed by atoms with Crippen LogP contribution in [0, 0.1) is 0 Å². The zero-order valence-electron chi connectivity index (χ0n) is 14.5. The van der Waals surface area contributed by atoms with Crippen molar-refractivity contribution in [2.24, 2.45) is 0 Å². The Balaban J connectivity index is 1.52. The van der Waals surface area contributed by atoms with E-state index in [2.05, 4.69) is 46.7 Å². The fraction of sp³-hybridized carbons (Fsp3) is 0.211. The van der Waals surface area contributed by atoms with Gasteiger partial charge in [0, 0.05) is 5.02 Å². The van der Waals surface area contributed by atoms with Gasteiger partial charge in [0.05, 0.1) is 22.9 Å². The second kappa shape index (κ2) is 9.26. The van der Waals surface area contributed by atoms with Gasteiger partial charge in [0.2, 0.25) is 11.8 Å². The Kier molecular flexibility index (Phi) is 6.77. The van der Waals surface area contributed by atoms with E-state index in [0.717, 1.165) is 12.0 Å². The van der Waals surface area contributed by atoms with Gasteiger partial charge in [0.15, 0.2) is 0 Å². The molecule has 0 bridgehead atoms. The summed E-state index contributed by atoms with van der Waals surface area (Å²) in [4.78, 5) is 12.1. The number of amides is 1. The van der Waals surface area contributed by atoms with Crippen molar-refractivity contribution in [2.75, 3.05) is 11.1 Å². The zero-order chi connectivity index (χ0) is 19.2. The van der Waals surface area contributed by atoms with E-state index in [0.29, 0.717) is 33.3 Å². The minimum atomic E-state index is -0.237. The summed E-state index contributed by atoms with van der Waals surface area (Å²) in [5.74, 6) is 0.398. The molecule has 0 spiro atoms. The summed E-state index contributed by atoms with van der Waals surface area (Å²) >= 11 is 13.1. The van der Waals surface area contributed by atoms with Crippen LogP contribution in [0.15, 0.2) is 52.1 Å². The minimum Gasteiger partial charge on any atom is -0.416 e. The first kappa shape index (κ1) is 19.7. The van der Waals surface area contributed by atoms with E-state index in [1.807, 2.05) is 0 Å². The van der Waals surface area contributed by atoms with Gasteiger partial charge in [-0.3, -0.25) is 4.79 Å². The summed E-state index contributed by atoms with van der Waals surface area (Å²) in [5, 5.41) is 12.0. The molecule has 3 aromatic rings. The lowest BCUT2D eigenvalue weighted by Gasteiger charge is -2.06. The number of aryl methyl sites for hydroxylation is 1. The maximum Gasteiger partial charge on any atom is 0.277 e. The van der Waals surface area contributed by atoms with Crippen molar-refractivity contribution in [3.05, 3.63) is 69.5 Å². The highest BCUT2D eigenvalue weighted by molar-refractivity contribution is 7.99. The average Bonchev–Trinajstić information content (AvgIpc) is 3.11. The van der Waals surface area contributed by atoms with Gasteiger partial charge in [-0.25, -0.2) is 0 Å². The molecule has 8 heteroatoms. The summed E-state index contributed by atoms with van der Waals surface area (Å²) in [7, 11) is 0. The second-order valence-corrected chi connectivity index (χ2v) is 7.54. The van der Waals surface area contributed by atoms with Gasteiger partial charge in [-0.15, -0.1) is 10.2 Å². The van der Waals surface area contributed by atoms with Gasteiger partial charge in [-0.2, -0.15) is 0 Å². The van der Waals surface area contributed by atoms with E-state index in [1.54, 1.807) is 18.2 Å². The Morgan fingerprint density at radius 2 is 1.85 bits per heavy atom. The Morgan fingerprint density at radius 3 is 2.59 bits per heavy atom. The molecule has 0 unspecified atom stereocenters. The minimum absolute atomic E-state index is 0.121. The number of nitrogens with one attached hydrogen (secondary N) is 1. The summed E-state index contributed by atoms with van der Waals surface area (Å²) in [5.41, 5.74) is 2.85. The van der Waals surface area contributed by atoms with Crippen LogP contribution < -0.4 is 5.32 Å². The monoisotopic (exact) mass is 421 g/mol. The molecule has 140 valence electrons. The van der Waals surface area contributed by atoms with Crippen molar-refractivity contribution in [2.45, 2.75) is 25.0 Å². The topological polar surface area (TPSA) is 68.0 Å². The zero-order valence-corrected chi connectivity index (χ0v) is 16.9. The number of halogens is 2. The van der Waals surface area contributed by atoms with E-state index < -0.39 is 0 Å². The fourth-order valence-corrected chi connectivity index (χ4v) is 3.26. The van der Waals surface area contributed by atoms with Gasteiger partial charge >= 0.3 is 0 Å². The molecular weight excluding hydrogens is 405 g/mol. The quantitative estimate of drug-likeness (QED) is 0.526. The molecule has 5 nitrogen and oxygen atoms in total. The molecule has 1 aromatic heterocycles. The number of aromatic nitrogens is 2. The second-order valence-electron chi connectivity index (χ2n) is 5.77. The van der Waals surface area contributed by atoms with Gasteiger partial charge in [0.1, 0.15) is 0 Å². The molecule has 0 fully saturated rings. The van der Waals surface area contributed by atoms with Gasteiger partial charge < -0.3 is 9.73 Å². The molecule has 27 heavy (non-hydrogen) atoms. The SMILES string of the molecule is CCc1ccc(Cc2nnc(SCC(=O)Nc3cc(Cl)ccc3Cl)o2)cc1. The normalized spacial score (nSPS) is 10.8. The first-order valence-electron chi connectivity index (χ1n) is 8.31. The first-order valence-corrected chi connectivity index (χ1v) is 10.1. The highest BCUT2D eigenvalue weighted by Gasteiger charge is 2.12. The van der Waals surface area contributed by atoms with E-state index in [4.69, 9.17) is 27.6 Å². The smallest absolute Gasteiger partial charge is 0.277 e. The van der Waals surface area contributed by atoms with Crippen LogP contribution in [-0.2, 0) is 17.6 Å². The summed E-state index contributed by atoms with van der Waals surface area (Å²) in [6.45, 7) is 2.12. The summed E-state index contributed by atoms with van der Waals surface area (Å²) < 4.78 is 5.60. The third kappa shape index (κ3) is 5.73. The number of benzene rings is 2. The molecule has 2 aromatic carbocycles. The molecule has 0 aliphatic rings. The Bertz CT molecular complexity index is 929. The highest BCUT2D eigenvalue weighted by atomic mass is 35.5. The summed E-state index contributed by atoms with van der Waals surface area (Å²) in [6.07, 6.45) is 1.56. The van der Waals surface area contributed by atoms with Crippen LogP contribution in [-0.4, -0.2) is 21.9 Å². The molecular formula is C19H17Cl2N3O2S. The van der Waals surface area contributed by atoms with Crippen molar-refractivity contribution >= 4 is 46.6 Å². The maximum atomic E-state index is 12.1. The van der Waals surface area contributed by atoms with Crippen LogP contribution in [0.3, 0.4) is 0 Å². The standard InChI is InChI=1S/C19H17Cl2N3O2S/c1-2-12-3-5-13(6-4-12)9-18-23-24-19(26-18)27-11-17(25)22-16-10-14(20)7-8-15(16)21/h3-8,10H,2,9,11H2,1H3,(H,22,25). The number of carbonyl (C=O) groups is 1. The Hall–Kier alpha value is -2.02. The van der Waals surface area contributed by atoms with E-state index in [1.165, 1.54) is 17.3 Å². The number of anilines is 1. The number of hydrogen-bond donors (Lipinski definition) is 1. The van der Waals surface area contributed by atoms with Crippen LogP contribution >= 0.6 is 35.0 Å². The molecule has 3 rings (SSSR count). The van der Waals surface area contributed by atoms with Crippen LogP contribution in [0.5, 0.6) is 0 Å². The van der Waals surface area contributed by atoms with Crippen molar-refractivity contribution in [1.29, 1.82) is 0 Å². The van der Waals surface area contributed by atoms with Crippen molar-refractivity contribution in [1.82, 2.24) is 10.2 Å². The number of nitrogens with zero attached hydrogens (tertiary/aromatic N) is 2. The van der Waals surface area contributed by atoms with Crippen LogP contribution in [0.25, 0.3) is 0 Å². The molecule has 1 amide bonds. The lowest BCUT2D eigenvalue weighted by molar-refractivity contribution is -0.113. The van der Waals surface area contributed by atoms with Crippen molar-refractivity contribution < 1.29 is 9.21 Å². The fourth-order valence-electron chi connectivity index (χ4n) is 2.34. The molecule has 0 radical (unpaired) electrons. The van der Waals surface area contributed by atoms with Crippen LogP contribution in [0.4, 0.5) is 5.69 Å². The van der Waals surface area contributed by atoms with Gasteiger partial charge in [-0.05, 0) is 35.7 Å². The Morgan fingerprint density at radius 1 is 1.11 bits per heavy atom. The summed E-state index contributed by atoms with van der Waals surface area (Å²) in [6, 6.07) is 13.2. The molecule has 0 saturated carbocycles. The molecule has 0 aliphatic heterocycles. The third-order valence-corrected chi connectivity index (χ3v) is 5.15. The number of thioether (sulfide) groups is 1. The van der Waals surface area contributed by atoms with E-state index in [-0.39, 0.29) is 11.7 Å². The molecule has 0 aliphatic carbocycles. The van der Waals surface area contributed by atoms with Gasteiger partial charge in [-0.1, -0.05) is 66.2 Å². The largest absolute Gasteiger partial charge is 0.416 e. The predicted molar refractivity (Wildman–Crippen MR) is 109 cm³/mol. The molecule has 0 saturated heterocycles. The van der Waals surface area contributed by atoms with E-state index in [9.17, 15) is 4.79 Å². The predicted octanol–water partition coefficient (Wildman–Crippen LogP) is 5.26. The number of rotatable bonds is 7. The third-order valence-electron chi connectivity index (χ3n) is 3.76. The van der Waals surface area contributed by atoms with Crippen molar-refractivity contribution in [3.63, 3.8) is 0 Å².